The van der Waals surface area contributed by atoms with Gasteiger partial charge in [-0.25, -0.2) is 8.42 Å². The van der Waals surface area contributed by atoms with E-state index < -0.39 is 22.0 Å². The molecule has 4 aliphatic rings. The minimum atomic E-state index is -3.20. The van der Waals surface area contributed by atoms with Gasteiger partial charge in [-0.2, -0.15) is 0 Å². The van der Waals surface area contributed by atoms with E-state index in [4.69, 9.17) is 0 Å². The molecule has 4 saturated carbocycles. The zero-order valence-electron chi connectivity index (χ0n) is 24.6. The normalized spacial score (nSPS) is 42.8. The van der Waals surface area contributed by atoms with Gasteiger partial charge in [0.1, 0.15) is 0 Å². The van der Waals surface area contributed by atoms with Gasteiger partial charge in [0, 0.05) is 5.41 Å². The molecule has 0 aromatic heterocycles. The second-order valence-electron chi connectivity index (χ2n) is 14.6. The zero-order valence-corrected chi connectivity index (χ0v) is 25.4. The molecule has 4 fully saturated rings. The summed E-state index contributed by atoms with van der Waals surface area (Å²) in [6.45, 7) is 11.4. The van der Waals surface area contributed by atoms with Gasteiger partial charge in [-0.05, 0) is 91.8 Å². The van der Waals surface area contributed by atoms with Gasteiger partial charge in [-0.15, -0.1) is 0 Å². The number of fused-ring (bicyclic) bond motifs is 5. The molecule has 0 saturated heterocycles. The maximum absolute atomic E-state index is 13.5. The molecule has 0 amide bonds. The molecular weight excluding hydrogens is 480 g/mol. The zero-order chi connectivity index (χ0) is 27.0. The Morgan fingerprint density at radius 1 is 0.919 bits per heavy atom. The number of aliphatic hydroxyl groups excluding tert-OH is 2. The van der Waals surface area contributed by atoms with Crippen LogP contribution < -0.4 is 0 Å². The molecule has 10 atom stereocenters. The lowest BCUT2D eigenvalue weighted by molar-refractivity contribution is -0.227. The Hall–Kier alpha value is -0.130. The first kappa shape index (κ1) is 29.8. The smallest absolute Gasteiger partial charge is 0.150 e. The fourth-order valence-electron chi connectivity index (χ4n) is 10.5. The Bertz CT molecular complexity index is 855. The highest BCUT2D eigenvalue weighted by atomic mass is 32.2. The van der Waals surface area contributed by atoms with Crippen molar-refractivity contribution in [2.24, 2.45) is 52.3 Å². The van der Waals surface area contributed by atoms with Crippen molar-refractivity contribution in [2.75, 3.05) is 11.5 Å². The quantitative estimate of drug-likeness (QED) is 0.277. The van der Waals surface area contributed by atoms with Crippen molar-refractivity contribution in [3.63, 3.8) is 0 Å². The van der Waals surface area contributed by atoms with E-state index in [9.17, 15) is 18.6 Å². The molecule has 0 spiro atoms. The maximum Gasteiger partial charge on any atom is 0.150 e. The minimum Gasteiger partial charge on any atom is -0.390 e. The van der Waals surface area contributed by atoms with Crippen molar-refractivity contribution in [2.45, 2.75) is 137 Å². The van der Waals surface area contributed by atoms with Gasteiger partial charge in [0.25, 0.3) is 0 Å². The molecule has 4 nitrogen and oxygen atoms in total. The topological polar surface area (TPSA) is 74.6 Å². The molecule has 0 radical (unpaired) electrons. The van der Waals surface area contributed by atoms with E-state index in [2.05, 4.69) is 34.6 Å². The average Bonchev–Trinajstić information content (AvgIpc) is 3.19. The summed E-state index contributed by atoms with van der Waals surface area (Å²) in [7, 11) is -3.20. The average molecular weight is 539 g/mol. The predicted octanol–water partition coefficient (Wildman–Crippen LogP) is 7.02. The second-order valence-corrected chi connectivity index (χ2v) is 16.8. The molecule has 37 heavy (non-hydrogen) atoms. The molecular formula is C32H58O4S. The van der Waals surface area contributed by atoms with Crippen LogP contribution in [0.4, 0.5) is 0 Å². The Morgan fingerprint density at radius 3 is 2.38 bits per heavy atom. The lowest BCUT2D eigenvalue weighted by Crippen LogP contribution is -2.66. The number of hydrogen-bond acceptors (Lipinski definition) is 4. The highest BCUT2D eigenvalue weighted by Gasteiger charge is 2.68. The Kier molecular flexibility index (Phi) is 9.49. The molecule has 0 aromatic rings. The molecule has 3 unspecified atom stereocenters. The molecule has 4 aliphatic carbocycles. The lowest BCUT2D eigenvalue weighted by Gasteiger charge is -2.64. The van der Waals surface area contributed by atoms with Crippen LogP contribution in [0.5, 0.6) is 0 Å². The first-order valence-corrected chi connectivity index (χ1v) is 17.9. The van der Waals surface area contributed by atoms with Crippen LogP contribution in [-0.2, 0) is 9.84 Å². The highest BCUT2D eigenvalue weighted by Crippen LogP contribution is 2.68. The summed E-state index contributed by atoms with van der Waals surface area (Å²) in [6, 6.07) is 0. The van der Waals surface area contributed by atoms with E-state index in [-0.39, 0.29) is 28.3 Å². The summed E-state index contributed by atoms with van der Waals surface area (Å²) in [5, 5.41) is 24.0. The van der Waals surface area contributed by atoms with Crippen molar-refractivity contribution in [3.8, 4) is 0 Å². The summed E-state index contributed by atoms with van der Waals surface area (Å²) in [6.07, 6.45) is 13.6. The fourth-order valence-corrected chi connectivity index (χ4v) is 12.7. The fraction of sp³-hybridized carbons (Fsp3) is 1.00. The second kappa shape index (κ2) is 11.8. The van der Waals surface area contributed by atoms with Crippen molar-refractivity contribution in [1.29, 1.82) is 0 Å². The molecule has 5 heteroatoms. The largest absolute Gasteiger partial charge is 0.390 e. The van der Waals surface area contributed by atoms with Crippen molar-refractivity contribution in [1.82, 2.24) is 0 Å². The molecule has 0 aliphatic heterocycles. The van der Waals surface area contributed by atoms with Crippen LogP contribution >= 0.6 is 0 Å². The Balaban J connectivity index is 1.62. The van der Waals surface area contributed by atoms with Crippen LogP contribution in [0.15, 0.2) is 0 Å². The first-order chi connectivity index (χ1) is 17.5. The summed E-state index contributed by atoms with van der Waals surface area (Å²) >= 11 is 0. The van der Waals surface area contributed by atoms with Crippen LogP contribution in [0.25, 0.3) is 0 Å². The Labute approximate surface area is 228 Å². The van der Waals surface area contributed by atoms with Crippen LogP contribution in [0.2, 0.25) is 0 Å². The predicted molar refractivity (Wildman–Crippen MR) is 153 cm³/mol. The van der Waals surface area contributed by atoms with Crippen LogP contribution in [0.3, 0.4) is 0 Å². The van der Waals surface area contributed by atoms with E-state index in [0.29, 0.717) is 29.6 Å². The van der Waals surface area contributed by atoms with Gasteiger partial charge in [0.2, 0.25) is 0 Å². The monoisotopic (exact) mass is 538 g/mol. The van der Waals surface area contributed by atoms with E-state index in [1.807, 2.05) is 0 Å². The van der Waals surface area contributed by atoms with Crippen molar-refractivity contribution >= 4 is 9.84 Å². The van der Waals surface area contributed by atoms with Gasteiger partial charge in [0.05, 0.1) is 23.7 Å². The third kappa shape index (κ3) is 5.58. The molecule has 0 heterocycles. The number of unbranched alkanes of at least 4 members (excludes halogenated alkanes) is 2. The molecule has 4 rings (SSSR count). The maximum atomic E-state index is 13.5. The van der Waals surface area contributed by atoms with Crippen molar-refractivity contribution in [3.05, 3.63) is 0 Å². The van der Waals surface area contributed by atoms with E-state index >= 15 is 0 Å². The van der Waals surface area contributed by atoms with Gasteiger partial charge in [-0.1, -0.05) is 79.6 Å². The molecule has 2 N–H and O–H groups in total. The Morgan fingerprint density at radius 2 is 1.68 bits per heavy atom. The first-order valence-electron chi connectivity index (χ1n) is 16.0. The van der Waals surface area contributed by atoms with Crippen LogP contribution in [-0.4, -0.2) is 42.3 Å². The minimum absolute atomic E-state index is 0.0735. The van der Waals surface area contributed by atoms with Crippen LogP contribution in [0, 0.1) is 52.3 Å². The number of hydrogen-bond donors (Lipinski definition) is 2. The van der Waals surface area contributed by atoms with E-state index in [1.165, 1.54) is 25.7 Å². The number of aliphatic hydroxyl groups is 2. The van der Waals surface area contributed by atoms with Gasteiger partial charge in [0.15, 0.2) is 9.84 Å². The summed E-state index contributed by atoms with van der Waals surface area (Å²) in [5.41, 5.74) is -0.616. The van der Waals surface area contributed by atoms with Gasteiger partial charge >= 0.3 is 0 Å². The van der Waals surface area contributed by atoms with E-state index in [0.717, 1.165) is 70.1 Å². The number of sulfone groups is 1. The SMILES string of the molecule is CCCCCS(=O)(=O)C[C@]12CCCCC1CC[C@@H]1[C@@H]2C(O)C(O)[C@]2(C)[C@@H]([C@H](C)CCCC(C)C)CC[C@@H]12. The third-order valence-corrected chi connectivity index (χ3v) is 14.0. The number of rotatable bonds is 11. The van der Waals surface area contributed by atoms with Gasteiger partial charge < -0.3 is 10.2 Å². The standard InChI is InChI=1S/C32H58O4S/c1-6-7-10-20-37(35,36)21-32-19-9-8-14-24(32)15-16-25-27-18-17-26(23(4)13-11-12-22(2)3)31(27,5)30(34)29(33)28(25)32/h22-30,33-34H,6-21H2,1-5H3/t23-,24?,25+,26-,27+,28-,29?,30?,31-,32-/m1/s1. The van der Waals surface area contributed by atoms with Gasteiger partial charge in [-0.3, -0.25) is 0 Å². The highest BCUT2D eigenvalue weighted by molar-refractivity contribution is 7.91. The van der Waals surface area contributed by atoms with E-state index in [1.54, 1.807) is 0 Å². The van der Waals surface area contributed by atoms with Crippen LogP contribution in [0.1, 0.15) is 125 Å². The summed E-state index contributed by atoms with van der Waals surface area (Å²) in [5.74, 6) is 3.27. The molecule has 0 bridgehead atoms. The third-order valence-electron chi connectivity index (χ3n) is 12.1. The lowest BCUT2D eigenvalue weighted by atomic mass is 9.43. The molecule has 0 aromatic carbocycles. The molecule has 216 valence electrons. The summed E-state index contributed by atoms with van der Waals surface area (Å²) in [4.78, 5) is 0. The summed E-state index contributed by atoms with van der Waals surface area (Å²) < 4.78 is 27.0. The van der Waals surface area contributed by atoms with Crippen molar-refractivity contribution < 1.29 is 18.6 Å².